The third kappa shape index (κ3) is 4.85. The van der Waals surface area contributed by atoms with Crippen molar-refractivity contribution in [3.05, 3.63) is 52.8 Å². The second-order valence-corrected chi connectivity index (χ2v) is 10.3. The number of thiazole rings is 1. The van der Waals surface area contributed by atoms with Crippen LogP contribution in [0.5, 0.6) is 11.5 Å². The average Bonchev–Trinajstić information content (AvgIpc) is 3.59. The van der Waals surface area contributed by atoms with Crippen LogP contribution in [0.15, 0.2) is 35.8 Å². The van der Waals surface area contributed by atoms with Crippen molar-refractivity contribution in [1.29, 1.82) is 0 Å². The van der Waals surface area contributed by atoms with Crippen molar-refractivity contribution >= 4 is 17.2 Å². The highest BCUT2D eigenvalue weighted by molar-refractivity contribution is 7.13. The first-order valence-electron chi connectivity index (χ1n) is 12.4. The van der Waals surface area contributed by atoms with Crippen LogP contribution in [0.25, 0.3) is 10.6 Å². The maximum atomic E-state index is 12.5. The first kappa shape index (κ1) is 23.0. The predicted molar refractivity (Wildman–Crippen MR) is 135 cm³/mol. The second-order valence-electron chi connectivity index (χ2n) is 9.45. The van der Waals surface area contributed by atoms with E-state index in [0.717, 1.165) is 65.7 Å². The lowest BCUT2D eigenvalue weighted by Crippen LogP contribution is -2.25. The van der Waals surface area contributed by atoms with Crippen molar-refractivity contribution in [2.45, 2.75) is 64.8 Å². The lowest BCUT2D eigenvalue weighted by molar-refractivity contribution is 0.0952. The summed E-state index contributed by atoms with van der Waals surface area (Å²) < 4.78 is 13.2. The summed E-state index contributed by atoms with van der Waals surface area (Å²) in [4.78, 5) is 17.5. The van der Waals surface area contributed by atoms with E-state index >= 15 is 0 Å². The van der Waals surface area contributed by atoms with Crippen LogP contribution in [-0.2, 0) is 6.54 Å². The molecule has 1 amide bonds. The van der Waals surface area contributed by atoms with Crippen LogP contribution in [0.3, 0.4) is 0 Å². The Morgan fingerprint density at radius 1 is 1.24 bits per heavy atom. The number of nitrogens with one attached hydrogen (secondary N) is 1. The number of ether oxygens (including phenoxy) is 2. The molecule has 0 radical (unpaired) electrons. The number of rotatable bonds is 8. The van der Waals surface area contributed by atoms with Gasteiger partial charge in [-0.2, -0.15) is 0 Å². The molecule has 2 aliphatic rings. The average molecular weight is 480 g/mol. The van der Waals surface area contributed by atoms with E-state index in [1.54, 1.807) is 11.3 Å². The smallest absolute Gasteiger partial charge is 0.253 e. The van der Waals surface area contributed by atoms with Crippen molar-refractivity contribution in [1.82, 2.24) is 14.9 Å². The number of aromatic nitrogens is 2. The number of hydrogen-bond donors (Lipinski definition) is 1. The van der Waals surface area contributed by atoms with Gasteiger partial charge in [-0.3, -0.25) is 4.79 Å². The number of amides is 1. The van der Waals surface area contributed by atoms with E-state index < -0.39 is 0 Å². The van der Waals surface area contributed by atoms with Crippen LogP contribution < -0.4 is 14.8 Å². The van der Waals surface area contributed by atoms with Gasteiger partial charge in [0.1, 0.15) is 5.01 Å². The number of nitrogens with zero attached hydrogens (tertiary/aromatic N) is 2. The molecule has 1 fully saturated rings. The number of benzene rings is 1. The SMILES string of the molecule is CCCCNC(=O)c1ccn(CC2CCCC(c3csc(-c4ccc5c(c4)OCO5)n3)C2)c1C. The standard InChI is InChI=1S/C27H33N3O3S/c1-3-4-11-28-26(31)22-10-12-30(18(22)2)15-19-6-5-7-20(13-19)23-16-34-27(29-23)21-8-9-24-25(14-21)33-17-32-24/h8-10,12,14,16,19-20H,3-7,11,13,15,17H2,1-2H3,(H,28,31). The topological polar surface area (TPSA) is 65.4 Å². The molecular weight excluding hydrogens is 446 g/mol. The summed E-state index contributed by atoms with van der Waals surface area (Å²) >= 11 is 1.71. The van der Waals surface area contributed by atoms with Gasteiger partial charge in [-0.05, 0) is 62.8 Å². The zero-order valence-electron chi connectivity index (χ0n) is 20.0. The third-order valence-electron chi connectivity index (χ3n) is 7.10. The first-order valence-corrected chi connectivity index (χ1v) is 13.3. The molecule has 0 bridgehead atoms. The fourth-order valence-electron chi connectivity index (χ4n) is 5.10. The van der Waals surface area contributed by atoms with Crippen molar-refractivity contribution in [3.63, 3.8) is 0 Å². The Morgan fingerprint density at radius 2 is 2.12 bits per heavy atom. The fourth-order valence-corrected chi connectivity index (χ4v) is 6.00. The minimum absolute atomic E-state index is 0.0461. The molecule has 6 nitrogen and oxygen atoms in total. The molecule has 34 heavy (non-hydrogen) atoms. The summed E-state index contributed by atoms with van der Waals surface area (Å²) in [7, 11) is 0. The molecule has 1 N–H and O–H groups in total. The monoisotopic (exact) mass is 479 g/mol. The van der Waals surface area contributed by atoms with Gasteiger partial charge in [0.15, 0.2) is 11.5 Å². The lowest BCUT2D eigenvalue weighted by Gasteiger charge is -2.29. The van der Waals surface area contributed by atoms with E-state index in [1.807, 2.05) is 18.2 Å². The number of carbonyl (C=O) groups excluding carboxylic acids is 1. The minimum Gasteiger partial charge on any atom is -0.454 e. The van der Waals surface area contributed by atoms with Gasteiger partial charge in [0, 0.05) is 41.8 Å². The highest BCUT2D eigenvalue weighted by Gasteiger charge is 2.26. The summed E-state index contributed by atoms with van der Waals surface area (Å²) in [5.74, 6) is 2.73. The second kappa shape index (κ2) is 10.2. The van der Waals surface area contributed by atoms with Gasteiger partial charge in [-0.1, -0.05) is 19.8 Å². The van der Waals surface area contributed by atoms with Crippen molar-refractivity contribution < 1.29 is 14.3 Å². The fraction of sp³-hybridized carbons (Fsp3) is 0.481. The number of carbonyl (C=O) groups is 1. The van der Waals surface area contributed by atoms with Crippen molar-refractivity contribution in [2.75, 3.05) is 13.3 Å². The predicted octanol–water partition coefficient (Wildman–Crippen LogP) is 6.15. The van der Waals surface area contributed by atoms with E-state index in [0.29, 0.717) is 11.8 Å². The first-order chi connectivity index (χ1) is 16.6. The Morgan fingerprint density at radius 3 is 3.00 bits per heavy atom. The summed E-state index contributed by atoms with van der Waals surface area (Å²) in [5.41, 5.74) is 4.16. The molecule has 2 aromatic heterocycles. The molecule has 2 atom stereocenters. The molecule has 1 aliphatic carbocycles. The van der Waals surface area contributed by atoms with E-state index in [4.69, 9.17) is 14.5 Å². The number of fused-ring (bicyclic) bond motifs is 1. The molecule has 2 unspecified atom stereocenters. The molecule has 3 aromatic rings. The molecule has 180 valence electrons. The summed E-state index contributed by atoms with van der Waals surface area (Å²) in [6.07, 6.45) is 8.95. The Labute approximate surface area is 205 Å². The van der Waals surface area contributed by atoms with Gasteiger partial charge < -0.3 is 19.4 Å². The Balaban J connectivity index is 1.23. The lowest BCUT2D eigenvalue weighted by atomic mass is 9.80. The van der Waals surface area contributed by atoms with Gasteiger partial charge in [0.05, 0.1) is 11.3 Å². The van der Waals surface area contributed by atoms with Crippen LogP contribution in [-0.4, -0.2) is 28.8 Å². The van der Waals surface area contributed by atoms with E-state index in [-0.39, 0.29) is 12.7 Å². The van der Waals surface area contributed by atoms with Gasteiger partial charge in [0.2, 0.25) is 6.79 Å². The van der Waals surface area contributed by atoms with Gasteiger partial charge >= 0.3 is 0 Å². The molecule has 5 rings (SSSR count). The van der Waals surface area contributed by atoms with E-state index in [9.17, 15) is 4.79 Å². The normalized spacial score (nSPS) is 19.4. The number of hydrogen-bond acceptors (Lipinski definition) is 5. The highest BCUT2D eigenvalue weighted by atomic mass is 32.1. The molecule has 0 spiro atoms. The molecule has 1 aromatic carbocycles. The molecule has 0 saturated heterocycles. The Kier molecular flexibility index (Phi) is 6.90. The molecule has 3 heterocycles. The quantitative estimate of drug-likeness (QED) is 0.393. The van der Waals surface area contributed by atoms with Crippen molar-refractivity contribution in [3.8, 4) is 22.1 Å². The van der Waals surface area contributed by atoms with E-state index in [2.05, 4.69) is 41.4 Å². The number of unbranched alkanes of at least 4 members (excludes halogenated alkanes) is 1. The summed E-state index contributed by atoms with van der Waals surface area (Å²) in [5, 5.41) is 6.31. The summed E-state index contributed by atoms with van der Waals surface area (Å²) in [6.45, 7) is 6.19. The molecule has 1 aliphatic heterocycles. The Hall–Kier alpha value is -2.80. The Bertz CT molecular complexity index is 1150. The zero-order valence-corrected chi connectivity index (χ0v) is 20.8. The van der Waals surface area contributed by atoms with E-state index in [1.165, 1.54) is 25.0 Å². The minimum atomic E-state index is 0.0461. The van der Waals surface area contributed by atoms with Crippen LogP contribution >= 0.6 is 11.3 Å². The van der Waals surface area contributed by atoms with Gasteiger partial charge in [0.25, 0.3) is 5.91 Å². The van der Waals surface area contributed by atoms with Gasteiger partial charge in [-0.15, -0.1) is 11.3 Å². The van der Waals surface area contributed by atoms with Crippen LogP contribution in [0.2, 0.25) is 0 Å². The van der Waals surface area contributed by atoms with Crippen molar-refractivity contribution in [2.24, 2.45) is 5.92 Å². The third-order valence-corrected chi connectivity index (χ3v) is 8.01. The molecular formula is C27H33N3O3S. The van der Waals surface area contributed by atoms with Gasteiger partial charge in [-0.25, -0.2) is 4.98 Å². The molecule has 1 saturated carbocycles. The summed E-state index contributed by atoms with van der Waals surface area (Å²) in [6, 6.07) is 8.02. The maximum Gasteiger partial charge on any atom is 0.253 e. The maximum absolute atomic E-state index is 12.5. The molecule has 7 heteroatoms. The highest BCUT2D eigenvalue weighted by Crippen LogP contribution is 2.40. The van der Waals surface area contributed by atoms with Crippen LogP contribution in [0.4, 0.5) is 0 Å². The van der Waals surface area contributed by atoms with Crippen LogP contribution in [0.1, 0.15) is 73.1 Å². The largest absolute Gasteiger partial charge is 0.454 e. The van der Waals surface area contributed by atoms with Crippen LogP contribution in [0, 0.1) is 12.8 Å². The zero-order chi connectivity index (χ0) is 23.5.